The maximum Gasteiger partial charge on any atom is 0.0468 e. The molecule has 0 unspecified atom stereocenters. The van der Waals surface area contributed by atoms with Gasteiger partial charge in [-0.15, -0.1) is 0 Å². The number of para-hydroxylation sites is 1. The number of hydrogen-bond acceptors (Lipinski definition) is 1. The van der Waals surface area contributed by atoms with Gasteiger partial charge in [0.15, 0.2) is 0 Å². The number of nitrogens with one attached hydrogen (secondary N) is 2. The van der Waals surface area contributed by atoms with Crippen molar-refractivity contribution in [3.63, 3.8) is 0 Å². The molecule has 17 heavy (non-hydrogen) atoms. The summed E-state index contributed by atoms with van der Waals surface area (Å²) in [6.07, 6.45) is 1.14. The smallest absolute Gasteiger partial charge is 0.0468 e. The summed E-state index contributed by atoms with van der Waals surface area (Å²) in [7, 11) is 0. The van der Waals surface area contributed by atoms with Gasteiger partial charge in [-0.2, -0.15) is 0 Å². The molecule has 0 spiro atoms. The van der Waals surface area contributed by atoms with Gasteiger partial charge < -0.3 is 10.3 Å². The fourth-order valence-electron chi connectivity index (χ4n) is 2.93. The molecule has 1 aliphatic rings. The predicted octanol–water partition coefficient (Wildman–Crippen LogP) is 2.97. The number of benzene rings is 2. The van der Waals surface area contributed by atoms with Crippen LogP contribution in [0.2, 0.25) is 0 Å². The Kier molecular flexibility index (Phi) is 1.82. The van der Waals surface area contributed by atoms with Crippen LogP contribution in [0.3, 0.4) is 0 Å². The zero-order valence-electron chi connectivity index (χ0n) is 9.59. The quantitative estimate of drug-likeness (QED) is 0.601. The number of hydrogen-bond donors (Lipinski definition) is 2. The molecule has 0 atom stereocenters. The molecule has 2 aromatic carbocycles. The third kappa shape index (κ3) is 1.25. The summed E-state index contributed by atoms with van der Waals surface area (Å²) in [6, 6.07) is 13.1. The Balaban J connectivity index is 2.20. The second-order valence-electron chi connectivity index (χ2n) is 4.72. The minimum absolute atomic E-state index is 0.995. The van der Waals surface area contributed by atoms with E-state index < -0.39 is 0 Å². The molecular weight excluding hydrogens is 208 g/mol. The molecule has 1 aliphatic heterocycles. The van der Waals surface area contributed by atoms with Gasteiger partial charge in [0, 0.05) is 28.4 Å². The molecule has 2 N–H and O–H groups in total. The first-order valence-corrected chi connectivity index (χ1v) is 6.15. The molecule has 0 saturated carbocycles. The molecule has 0 radical (unpaired) electrons. The average molecular weight is 222 g/mol. The summed E-state index contributed by atoms with van der Waals surface area (Å²) >= 11 is 0. The van der Waals surface area contributed by atoms with E-state index in [9.17, 15) is 0 Å². The van der Waals surface area contributed by atoms with E-state index in [2.05, 4.69) is 46.7 Å². The minimum atomic E-state index is 0.995. The summed E-state index contributed by atoms with van der Waals surface area (Å²) in [5, 5.41) is 6.23. The Labute approximate surface area is 99.6 Å². The van der Waals surface area contributed by atoms with Gasteiger partial charge in [-0.05, 0) is 36.2 Å². The van der Waals surface area contributed by atoms with Crippen LogP contribution in [0.1, 0.15) is 11.1 Å². The molecule has 2 heteroatoms. The standard InChI is InChI=1S/C15H14N2/c1-2-4-13-11(3-1)15-12-9-16-8-7-10(12)5-6-14(15)17-13/h1-6,16-17H,7-9H2. The first-order valence-electron chi connectivity index (χ1n) is 6.15. The van der Waals surface area contributed by atoms with Crippen molar-refractivity contribution < 1.29 is 0 Å². The van der Waals surface area contributed by atoms with E-state index in [1.165, 1.54) is 32.9 Å². The third-order valence-electron chi connectivity index (χ3n) is 3.75. The maximum absolute atomic E-state index is 3.50. The molecule has 84 valence electrons. The minimum Gasteiger partial charge on any atom is -0.355 e. The molecule has 0 aliphatic carbocycles. The van der Waals surface area contributed by atoms with Crippen LogP contribution >= 0.6 is 0 Å². The predicted molar refractivity (Wildman–Crippen MR) is 71.2 cm³/mol. The van der Waals surface area contributed by atoms with Crippen molar-refractivity contribution in [1.29, 1.82) is 0 Å². The number of aromatic amines is 1. The van der Waals surface area contributed by atoms with E-state index in [-0.39, 0.29) is 0 Å². The molecule has 1 aromatic heterocycles. The van der Waals surface area contributed by atoms with Gasteiger partial charge in [-0.25, -0.2) is 0 Å². The maximum atomic E-state index is 3.50. The summed E-state index contributed by atoms with van der Waals surface area (Å²) in [6.45, 7) is 2.09. The van der Waals surface area contributed by atoms with E-state index in [1.54, 1.807) is 0 Å². The highest BCUT2D eigenvalue weighted by Crippen LogP contribution is 2.31. The summed E-state index contributed by atoms with van der Waals surface area (Å²) in [5.74, 6) is 0. The third-order valence-corrected chi connectivity index (χ3v) is 3.75. The zero-order valence-corrected chi connectivity index (χ0v) is 9.59. The lowest BCUT2D eigenvalue weighted by Crippen LogP contribution is -2.23. The van der Waals surface area contributed by atoms with Crippen LogP contribution in [0.4, 0.5) is 0 Å². The zero-order chi connectivity index (χ0) is 11.2. The fourth-order valence-corrected chi connectivity index (χ4v) is 2.93. The molecule has 4 rings (SSSR count). The summed E-state index contributed by atoms with van der Waals surface area (Å²) in [5.41, 5.74) is 5.47. The topological polar surface area (TPSA) is 27.8 Å². The number of aromatic nitrogens is 1. The molecule has 2 heterocycles. The normalized spacial score (nSPS) is 15.3. The Bertz CT molecular complexity index is 709. The fraction of sp³-hybridized carbons (Fsp3) is 0.200. The van der Waals surface area contributed by atoms with Crippen LogP contribution in [0.25, 0.3) is 21.8 Å². The molecule has 0 amide bonds. The van der Waals surface area contributed by atoms with Gasteiger partial charge in [0.2, 0.25) is 0 Å². The van der Waals surface area contributed by atoms with Crippen molar-refractivity contribution in [3.05, 3.63) is 47.5 Å². The number of H-pyrrole nitrogens is 1. The Hall–Kier alpha value is -1.80. The van der Waals surface area contributed by atoms with Gasteiger partial charge in [-0.3, -0.25) is 0 Å². The second kappa shape index (κ2) is 3.34. The van der Waals surface area contributed by atoms with Gasteiger partial charge in [0.05, 0.1) is 0 Å². The lowest BCUT2D eigenvalue weighted by Gasteiger charge is -2.17. The van der Waals surface area contributed by atoms with Crippen molar-refractivity contribution in [3.8, 4) is 0 Å². The van der Waals surface area contributed by atoms with Gasteiger partial charge in [0.25, 0.3) is 0 Å². The van der Waals surface area contributed by atoms with Crippen LogP contribution < -0.4 is 5.32 Å². The summed E-state index contributed by atoms with van der Waals surface area (Å²) < 4.78 is 0. The molecular formula is C15H14N2. The van der Waals surface area contributed by atoms with Crippen LogP contribution in [-0.4, -0.2) is 11.5 Å². The van der Waals surface area contributed by atoms with Crippen molar-refractivity contribution in [2.24, 2.45) is 0 Å². The lowest BCUT2D eigenvalue weighted by atomic mass is 9.96. The van der Waals surface area contributed by atoms with Crippen molar-refractivity contribution in [2.75, 3.05) is 6.54 Å². The van der Waals surface area contributed by atoms with Crippen molar-refractivity contribution >= 4 is 21.8 Å². The van der Waals surface area contributed by atoms with Crippen molar-refractivity contribution in [1.82, 2.24) is 10.3 Å². The van der Waals surface area contributed by atoms with Crippen LogP contribution in [0, 0.1) is 0 Å². The van der Waals surface area contributed by atoms with E-state index in [4.69, 9.17) is 0 Å². The molecule has 0 saturated heterocycles. The van der Waals surface area contributed by atoms with Crippen LogP contribution in [-0.2, 0) is 13.0 Å². The van der Waals surface area contributed by atoms with Gasteiger partial charge >= 0.3 is 0 Å². The van der Waals surface area contributed by atoms with E-state index in [0.717, 1.165) is 19.5 Å². The largest absolute Gasteiger partial charge is 0.355 e. The Morgan fingerprint density at radius 2 is 1.88 bits per heavy atom. The first-order chi connectivity index (χ1) is 8.43. The second-order valence-corrected chi connectivity index (χ2v) is 4.72. The first kappa shape index (κ1) is 9.25. The van der Waals surface area contributed by atoms with E-state index in [1.807, 2.05) is 0 Å². The number of rotatable bonds is 0. The van der Waals surface area contributed by atoms with Gasteiger partial charge in [0.1, 0.15) is 0 Å². The van der Waals surface area contributed by atoms with Crippen LogP contribution in [0.5, 0.6) is 0 Å². The highest BCUT2D eigenvalue weighted by Gasteiger charge is 2.14. The highest BCUT2D eigenvalue weighted by molar-refractivity contribution is 6.09. The molecule has 2 nitrogen and oxygen atoms in total. The Morgan fingerprint density at radius 3 is 2.88 bits per heavy atom. The van der Waals surface area contributed by atoms with E-state index >= 15 is 0 Å². The number of fused-ring (bicyclic) bond motifs is 5. The van der Waals surface area contributed by atoms with E-state index in [0.29, 0.717) is 0 Å². The van der Waals surface area contributed by atoms with Gasteiger partial charge in [-0.1, -0.05) is 24.3 Å². The molecule has 0 fully saturated rings. The SMILES string of the molecule is c1ccc2c(c1)[nH]c1ccc3c(c12)CNCC3. The van der Waals surface area contributed by atoms with Crippen molar-refractivity contribution in [2.45, 2.75) is 13.0 Å². The Morgan fingerprint density at radius 1 is 0.941 bits per heavy atom. The average Bonchev–Trinajstić information content (AvgIpc) is 2.77. The molecule has 3 aromatic rings. The highest BCUT2D eigenvalue weighted by atomic mass is 14.9. The molecule has 0 bridgehead atoms. The monoisotopic (exact) mass is 222 g/mol. The summed E-state index contributed by atoms with van der Waals surface area (Å²) in [4.78, 5) is 3.50. The lowest BCUT2D eigenvalue weighted by molar-refractivity contribution is 0.648. The van der Waals surface area contributed by atoms with Crippen LogP contribution in [0.15, 0.2) is 36.4 Å².